The molecule has 0 saturated carbocycles. The second kappa shape index (κ2) is 7.81. The number of rotatable bonds is 5. The van der Waals surface area contributed by atoms with Gasteiger partial charge in [0.05, 0.1) is 33.8 Å². The van der Waals surface area contributed by atoms with Gasteiger partial charge in [-0.05, 0) is 31.2 Å². The molecule has 1 aliphatic heterocycles. The number of anilines is 2. The van der Waals surface area contributed by atoms with Crippen LogP contribution in [0.15, 0.2) is 59.8 Å². The van der Waals surface area contributed by atoms with E-state index >= 15 is 0 Å². The predicted molar refractivity (Wildman–Crippen MR) is 117 cm³/mol. The van der Waals surface area contributed by atoms with Gasteiger partial charge in [0.2, 0.25) is 12.4 Å². The Labute approximate surface area is 188 Å². The van der Waals surface area contributed by atoms with Gasteiger partial charge in [0.25, 0.3) is 21.8 Å². The van der Waals surface area contributed by atoms with E-state index in [0.717, 1.165) is 22.9 Å². The van der Waals surface area contributed by atoms with Crippen molar-refractivity contribution >= 4 is 44.8 Å². The van der Waals surface area contributed by atoms with E-state index in [0.29, 0.717) is 4.73 Å². The average Bonchev–Trinajstić information content (AvgIpc) is 3.01. The number of halogens is 1. The molecule has 32 heavy (non-hydrogen) atoms. The molecule has 0 atom stereocenters. The topological polar surface area (TPSA) is 120 Å². The minimum absolute atomic E-state index is 0.0133. The number of hydrogen-bond acceptors (Lipinski definition) is 6. The van der Waals surface area contributed by atoms with E-state index in [1.54, 1.807) is 12.1 Å². The van der Waals surface area contributed by atoms with E-state index < -0.39 is 21.8 Å². The van der Waals surface area contributed by atoms with E-state index in [9.17, 15) is 23.2 Å². The van der Waals surface area contributed by atoms with Crippen LogP contribution in [0.1, 0.15) is 26.3 Å². The maximum Gasteiger partial charge on any atom is 0.268 e. The smallest absolute Gasteiger partial charge is 0.268 e. The van der Waals surface area contributed by atoms with Crippen LogP contribution in [0, 0.1) is 12.1 Å². The Hall–Kier alpha value is -3.63. The van der Waals surface area contributed by atoms with Gasteiger partial charge < -0.3 is 9.94 Å². The number of nitrogens with one attached hydrogen (secondary N) is 1. The highest BCUT2D eigenvalue weighted by Gasteiger charge is 2.42. The first-order valence-electron chi connectivity index (χ1n) is 9.21. The van der Waals surface area contributed by atoms with E-state index in [-0.39, 0.29) is 38.2 Å². The number of hydrogen-bond donors (Lipinski definition) is 1. The summed E-state index contributed by atoms with van der Waals surface area (Å²) in [5.41, 5.74) is 0.346. The van der Waals surface area contributed by atoms with Crippen molar-refractivity contribution < 1.29 is 27.5 Å². The number of methoxy groups -OCH3 is 1. The molecule has 0 spiro atoms. The normalized spacial score (nSPS) is 13.3. The summed E-state index contributed by atoms with van der Waals surface area (Å²) in [5, 5.41) is 11.9. The largest absolute Gasteiger partial charge is 0.619 e. The molecule has 2 heterocycles. The van der Waals surface area contributed by atoms with Gasteiger partial charge in [-0.3, -0.25) is 14.3 Å². The van der Waals surface area contributed by atoms with Crippen LogP contribution < -0.4 is 19.1 Å². The van der Waals surface area contributed by atoms with Gasteiger partial charge in [0.1, 0.15) is 5.69 Å². The number of amides is 2. The molecule has 0 bridgehead atoms. The number of carbonyl (C=O) groups is 2. The van der Waals surface area contributed by atoms with Gasteiger partial charge in [-0.1, -0.05) is 29.3 Å². The van der Waals surface area contributed by atoms with Gasteiger partial charge in [0, 0.05) is 6.07 Å². The zero-order valence-electron chi connectivity index (χ0n) is 16.8. The number of aromatic nitrogens is 1. The summed E-state index contributed by atoms with van der Waals surface area (Å²) in [6, 6.07) is 10.1. The lowest BCUT2D eigenvalue weighted by Gasteiger charge is -2.14. The molecule has 4 rings (SSSR count). The van der Waals surface area contributed by atoms with Gasteiger partial charge in [-0.2, -0.15) is 4.73 Å². The maximum absolute atomic E-state index is 13.2. The molecule has 2 aromatic carbocycles. The zero-order valence-corrected chi connectivity index (χ0v) is 18.4. The van der Waals surface area contributed by atoms with Gasteiger partial charge in [-0.25, -0.2) is 13.3 Å². The van der Waals surface area contributed by atoms with Crippen molar-refractivity contribution in [1.82, 2.24) is 0 Å². The minimum atomic E-state index is -4.05. The average molecular weight is 474 g/mol. The first-order chi connectivity index (χ1) is 15.1. The second-order valence-electron chi connectivity index (χ2n) is 7.00. The Morgan fingerprint density at radius 2 is 1.69 bits per heavy atom. The van der Waals surface area contributed by atoms with Crippen LogP contribution in [-0.4, -0.2) is 27.3 Å². The number of benzene rings is 2. The number of fused-ring (bicyclic) bond motifs is 1. The van der Waals surface area contributed by atoms with Crippen molar-refractivity contribution in [1.29, 1.82) is 0 Å². The molecule has 164 valence electrons. The van der Waals surface area contributed by atoms with Crippen molar-refractivity contribution in [2.45, 2.75) is 11.8 Å². The molecule has 1 aliphatic rings. The lowest BCUT2D eigenvalue weighted by atomic mass is 10.1. The summed E-state index contributed by atoms with van der Waals surface area (Å²) >= 11 is 6.18. The summed E-state index contributed by atoms with van der Waals surface area (Å²) in [5.74, 6) is -1.50. The fraction of sp³-hybridized carbons (Fsp3) is 0.0952. The van der Waals surface area contributed by atoms with E-state index in [2.05, 4.69) is 4.72 Å². The van der Waals surface area contributed by atoms with Crippen LogP contribution in [0.3, 0.4) is 0 Å². The molecule has 0 unspecified atom stereocenters. The molecule has 0 radical (unpaired) electrons. The Morgan fingerprint density at radius 1 is 1.03 bits per heavy atom. The molecule has 1 aromatic heterocycles. The molecular formula is C21H16ClN3O6S. The van der Waals surface area contributed by atoms with Crippen molar-refractivity contribution in [3.8, 4) is 5.75 Å². The third-order valence-corrected chi connectivity index (χ3v) is 6.56. The first kappa shape index (κ1) is 21.6. The zero-order chi connectivity index (χ0) is 23.2. The molecule has 0 fully saturated rings. The Morgan fingerprint density at radius 3 is 2.34 bits per heavy atom. The number of imide groups is 1. The molecule has 3 aromatic rings. The SMILES string of the molecule is COc1cc(N2C(=O)c3c(Cl)ccc(NS(=O)(=O)c4ccc(C)cc4)c3C2=O)c[n+]([O-])c1. The summed E-state index contributed by atoms with van der Waals surface area (Å²) in [6.45, 7) is 1.82. The van der Waals surface area contributed by atoms with Gasteiger partial charge in [-0.15, -0.1) is 0 Å². The number of nitrogens with zero attached hydrogens (tertiary/aromatic N) is 2. The molecular weight excluding hydrogens is 458 g/mol. The fourth-order valence-electron chi connectivity index (χ4n) is 3.31. The summed E-state index contributed by atoms with van der Waals surface area (Å²) in [7, 11) is -2.72. The molecule has 11 heteroatoms. The molecule has 0 saturated heterocycles. The van der Waals surface area contributed by atoms with E-state index in [1.165, 1.54) is 37.4 Å². The Bertz CT molecular complexity index is 1370. The Balaban J connectivity index is 1.80. The molecule has 1 N–H and O–H groups in total. The van der Waals surface area contributed by atoms with E-state index in [4.69, 9.17) is 16.3 Å². The quantitative estimate of drug-likeness (QED) is 0.345. The van der Waals surface area contributed by atoms with Crippen LogP contribution in [0.2, 0.25) is 5.02 Å². The van der Waals surface area contributed by atoms with Crippen LogP contribution in [0.25, 0.3) is 0 Å². The number of aryl methyl sites for hydroxylation is 1. The highest BCUT2D eigenvalue weighted by molar-refractivity contribution is 7.92. The molecule has 0 aliphatic carbocycles. The number of carbonyl (C=O) groups excluding carboxylic acids is 2. The van der Waals surface area contributed by atoms with Gasteiger partial charge >= 0.3 is 0 Å². The highest BCUT2D eigenvalue weighted by atomic mass is 35.5. The molecule has 2 amide bonds. The van der Waals surface area contributed by atoms with Crippen molar-refractivity contribution in [2.75, 3.05) is 16.7 Å². The summed E-state index contributed by atoms with van der Waals surface area (Å²) in [4.78, 5) is 27.0. The number of pyridine rings is 1. The number of sulfonamides is 1. The molecule has 9 nitrogen and oxygen atoms in total. The third-order valence-electron chi connectivity index (χ3n) is 4.86. The van der Waals surface area contributed by atoms with Crippen molar-refractivity contribution in [3.63, 3.8) is 0 Å². The van der Waals surface area contributed by atoms with Crippen LogP contribution in [-0.2, 0) is 10.0 Å². The van der Waals surface area contributed by atoms with Gasteiger partial charge in [0.15, 0.2) is 5.75 Å². The summed E-state index contributed by atoms with van der Waals surface area (Å²) in [6.07, 6.45) is 2.14. The highest BCUT2D eigenvalue weighted by Crippen LogP contribution is 2.38. The Kier molecular flexibility index (Phi) is 5.27. The van der Waals surface area contributed by atoms with Crippen LogP contribution in [0.5, 0.6) is 5.75 Å². The minimum Gasteiger partial charge on any atom is -0.619 e. The first-order valence-corrected chi connectivity index (χ1v) is 11.1. The summed E-state index contributed by atoms with van der Waals surface area (Å²) < 4.78 is 33.5. The van der Waals surface area contributed by atoms with Crippen molar-refractivity contribution in [2.24, 2.45) is 0 Å². The van der Waals surface area contributed by atoms with E-state index in [1.807, 2.05) is 6.92 Å². The van der Waals surface area contributed by atoms with Crippen LogP contribution >= 0.6 is 11.6 Å². The fourth-order valence-corrected chi connectivity index (χ4v) is 4.62. The standard InChI is InChI=1S/C21H16ClN3O6S/c1-12-3-5-15(6-4-12)32(29,30)23-17-8-7-16(22)18-19(17)21(27)25(20(18)26)13-9-14(31-2)11-24(28)10-13/h3-11,23H,1-2H3. The second-order valence-corrected chi connectivity index (χ2v) is 9.09. The maximum atomic E-state index is 13.2. The lowest BCUT2D eigenvalue weighted by molar-refractivity contribution is -0.605. The lowest BCUT2D eigenvalue weighted by Crippen LogP contribution is -2.33. The van der Waals surface area contributed by atoms with Crippen molar-refractivity contribution in [3.05, 3.63) is 81.8 Å². The van der Waals surface area contributed by atoms with Crippen LogP contribution in [0.4, 0.5) is 11.4 Å². The predicted octanol–water partition coefficient (Wildman–Crippen LogP) is 2.89. The number of ether oxygens (including phenoxy) is 1. The third kappa shape index (κ3) is 3.63. The monoisotopic (exact) mass is 473 g/mol.